The van der Waals surface area contributed by atoms with Crippen molar-refractivity contribution in [2.45, 2.75) is 13.0 Å². The van der Waals surface area contributed by atoms with E-state index < -0.39 is 0 Å². The molecular formula is C18H19N5O. The van der Waals surface area contributed by atoms with Crippen molar-refractivity contribution >= 4 is 5.65 Å². The zero-order valence-electron chi connectivity index (χ0n) is 13.3. The summed E-state index contributed by atoms with van der Waals surface area (Å²) >= 11 is 0. The van der Waals surface area contributed by atoms with E-state index in [1.54, 1.807) is 24.7 Å². The molecule has 3 aromatic rings. The van der Waals surface area contributed by atoms with Gasteiger partial charge in [-0.15, -0.1) is 0 Å². The fourth-order valence-electron chi connectivity index (χ4n) is 2.65. The first-order valence-corrected chi connectivity index (χ1v) is 7.87. The Balaban J connectivity index is 1.60. The number of hydrogen-bond acceptors (Lipinski definition) is 5. The van der Waals surface area contributed by atoms with Crippen LogP contribution in [0.25, 0.3) is 5.65 Å². The smallest absolute Gasteiger partial charge is 0.137 e. The number of fused-ring (bicyclic) bond motifs is 1. The highest BCUT2D eigenvalue weighted by atomic mass is 16.3. The number of nitrogens with zero attached hydrogens (tertiary/aromatic N) is 4. The summed E-state index contributed by atoms with van der Waals surface area (Å²) in [5.41, 5.74) is 3.38. The quantitative estimate of drug-likeness (QED) is 0.689. The summed E-state index contributed by atoms with van der Waals surface area (Å²) in [7, 11) is 0. The highest BCUT2D eigenvalue weighted by Crippen LogP contribution is 2.09. The van der Waals surface area contributed by atoms with Gasteiger partial charge in [0, 0.05) is 37.8 Å². The monoisotopic (exact) mass is 321 g/mol. The van der Waals surface area contributed by atoms with Crippen molar-refractivity contribution in [2.75, 3.05) is 13.2 Å². The molecular weight excluding hydrogens is 302 g/mol. The molecule has 0 saturated heterocycles. The normalized spacial score (nSPS) is 12.2. The van der Waals surface area contributed by atoms with Crippen molar-refractivity contribution in [3.05, 3.63) is 65.9 Å². The maximum Gasteiger partial charge on any atom is 0.137 e. The Kier molecular flexibility index (Phi) is 5.16. The average Bonchev–Trinajstić information content (AvgIpc) is 3.04. The van der Waals surface area contributed by atoms with Crippen molar-refractivity contribution in [3.8, 4) is 6.07 Å². The maximum absolute atomic E-state index is 9.56. The maximum atomic E-state index is 9.56. The molecule has 6 heteroatoms. The Morgan fingerprint density at radius 2 is 2.17 bits per heavy atom. The number of aromatic nitrogens is 3. The Morgan fingerprint density at radius 3 is 2.92 bits per heavy atom. The molecule has 0 aliphatic heterocycles. The lowest BCUT2D eigenvalue weighted by molar-refractivity contribution is 0.220. The molecule has 0 aliphatic rings. The van der Waals surface area contributed by atoms with Crippen LogP contribution in [-0.4, -0.2) is 32.6 Å². The Morgan fingerprint density at radius 1 is 1.25 bits per heavy atom. The van der Waals surface area contributed by atoms with Gasteiger partial charge in [-0.3, -0.25) is 4.98 Å². The third-order valence-corrected chi connectivity index (χ3v) is 3.93. The SMILES string of the molecule is N#Cc1ccc2ncc(CNCC(CO)Cc3ccccn3)n2c1. The molecule has 0 bridgehead atoms. The van der Waals surface area contributed by atoms with Crippen LogP contribution in [0.1, 0.15) is 17.0 Å². The van der Waals surface area contributed by atoms with Crippen molar-refractivity contribution < 1.29 is 5.11 Å². The van der Waals surface area contributed by atoms with Gasteiger partial charge < -0.3 is 14.8 Å². The van der Waals surface area contributed by atoms with Crippen LogP contribution in [-0.2, 0) is 13.0 Å². The van der Waals surface area contributed by atoms with Crippen molar-refractivity contribution in [3.63, 3.8) is 0 Å². The van der Waals surface area contributed by atoms with E-state index in [-0.39, 0.29) is 12.5 Å². The van der Waals surface area contributed by atoms with Gasteiger partial charge >= 0.3 is 0 Å². The summed E-state index contributed by atoms with van der Waals surface area (Å²) in [6.45, 7) is 1.41. The number of aliphatic hydroxyl groups is 1. The summed E-state index contributed by atoms with van der Waals surface area (Å²) in [6.07, 6.45) is 6.09. The van der Waals surface area contributed by atoms with Crippen LogP contribution in [0.2, 0.25) is 0 Å². The number of aliphatic hydroxyl groups excluding tert-OH is 1. The number of pyridine rings is 2. The lowest BCUT2D eigenvalue weighted by Gasteiger charge is -2.14. The van der Waals surface area contributed by atoms with Crippen LogP contribution in [0.15, 0.2) is 48.9 Å². The van der Waals surface area contributed by atoms with E-state index in [1.165, 1.54) is 0 Å². The first kappa shape index (κ1) is 16.1. The van der Waals surface area contributed by atoms with Gasteiger partial charge in [-0.2, -0.15) is 5.26 Å². The molecule has 2 N–H and O–H groups in total. The van der Waals surface area contributed by atoms with Crippen molar-refractivity contribution in [1.82, 2.24) is 19.7 Å². The van der Waals surface area contributed by atoms with Crippen molar-refractivity contribution in [2.24, 2.45) is 5.92 Å². The van der Waals surface area contributed by atoms with Crippen LogP contribution < -0.4 is 5.32 Å². The average molecular weight is 321 g/mol. The van der Waals surface area contributed by atoms with Gasteiger partial charge in [-0.05, 0) is 36.6 Å². The van der Waals surface area contributed by atoms with Gasteiger partial charge in [0.25, 0.3) is 0 Å². The molecule has 3 aromatic heterocycles. The molecule has 0 aromatic carbocycles. The van der Waals surface area contributed by atoms with Gasteiger partial charge in [0.15, 0.2) is 0 Å². The van der Waals surface area contributed by atoms with E-state index in [1.807, 2.05) is 28.7 Å². The van der Waals surface area contributed by atoms with E-state index in [4.69, 9.17) is 5.26 Å². The topological polar surface area (TPSA) is 86.2 Å². The van der Waals surface area contributed by atoms with E-state index >= 15 is 0 Å². The third kappa shape index (κ3) is 3.77. The fourth-order valence-corrected chi connectivity index (χ4v) is 2.65. The minimum Gasteiger partial charge on any atom is -0.396 e. The molecule has 0 aliphatic carbocycles. The first-order valence-electron chi connectivity index (χ1n) is 7.87. The second-order valence-electron chi connectivity index (χ2n) is 5.71. The lowest BCUT2D eigenvalue weighted by atomic mass is 10.0. The molecule has 0 spiro atoms. The lowest BCUT2D eigenvalue weighted by Crippen LogP contribution is -2.27. The zero-order valence-corrected chi connectivity index (χ0v) is 13.3. The number of rotatable bonds is 7. The molecule has 0 fully saturated rings. The minimum absolute atomic E-state index is 0.105. The molecule has 0 saturated carbocycles. The van der Waals surface area contributed by atoms with Gasteiger partial charge in [-0.1, -0.05) is 6.07 Å². The van der Waals surface area contributed by atoms with Crippen LogP contribution in [0.4, 0.5) is 0 Å². The van der Waals surface area contributed by atoms with Crippen LogP contribution in [0.3, 0.4) is 0 Å². The molecule has 6 nitrogen and oxygen atoms in total. The fraction of sp³-hybridized carbons (Fsp3) is 0.278. The van der Waals surface area contributed by atoms with Crippen LogP contribution in [0.5, 0.6) is 0 Å². The molecule has 122 valence electrons. The third-order valence-electron chi connectivity index (χ3n) is 3.93. The Hall–Kier alpha value is -2.75. The van der Waals surface area contributed by atoms with E-state index in [0.717, 1.165) is 23.5 Å². The molecule has 3 rings (SSSR count). The predicted octanol–water partition coefficient (Wildman–Crippen LogP) is 1.54. The number of nitrogens with one attached hydrogen (secondary N) is 1. The summed E-state index contributed by atoms with van der Waals surface area (Å²) in [5.74, 6) is 0.105. The predicted molar refractivity (Wildman–Crippen MR) is 90.1 cm³/mol. The Bertz CT molecular complexity index is 837. The van der Waals surface area contributed by atoms with Gasteiger partial charge in [0.2, 0.25) is 0 Å². The second-order valence-corrected chi connectivity index (χ2v) is 5.71. The summed E-state index contributed by atoms with van der Waals surface area (Å²) in [5, 5.41) is 21.9. The molecule has 24 heavy (non-hydrogen) atoms. The molecule has 0 radical (unpaired) electrons. The van der Waals surface area contributed by atoms with Gasteiger partial charge in [0.05, 0.1) is 17.5 Å². The number of nitriles is 1. The van der Waals surface area contributed by atoms with E-state index in [0.29, 0.717) is 18.7 Å². The van der Waals surface area contributed by atoms with E-state index in [2.05, 4.69) is 21.4 Å². The second kappa shape index (κ2) is 7.68. The molecule has 3 heterocycles. The largest absolute Gasteiger partial charge is 0.396 e. The van der Waals surface area contributed by atoms with Crippen molar-refractivity contribution in [1.29, 1.82) is 5.26 Å². The summed E-state index contributed by atoms with van der Waals surface area (Å²) in [4.78, 5) is 8.63. The number of hydrogen-bond donors (Lipinski definition) is 2. The summed E-state index contributed by atoms with van der Waals surface area (Å²) in [6, 6.07) is 11.5. The number of imidazole rings is 1. The molecule has 0 amide bonds. The standard InChI is InChI=1S/C18H19N5O/c19-8-14-4-5-18-22-11-17(23(18)12-14)10-20-9-15(13-24)7-16-3-1-2-6-21-16/h1-6,11-12,15,20,24H,7,9-10,13H2. The minimum atomic E-state index is 0.105. The highest BCUT2D eigenvalue weighted by Gasteiger charge is 2.10. The van der Waals surface area contributed by atoms with Crippen LogP contribution in [0, 0.1) is 17.2 Å². The zero-order chi connectivity index (χ0) is 16.8. The van der Waals surface area contributed by atoms with Gasteiger partial charge in [-0.25, -0.2) is 4.98 Å². The highest BCUT2D eigenvalue weighted by molar-refractivity contribution is 5.44. The summed E-state index contributed by atoms with van der Waals surface area (Å²) < 4.78 is 1.91. The molecule has 1 atom stereocenters. The van der Waals surface area contributed by atoms with Gasteiger partial charge in [0.1, 0.15) is 11.7 Å². The molecule has 1 unspecified atom stereocenters. The van der Waals surface area contributed by atoms with Crippen LogP contribution >= 0.6 is 0 Å². The Labute approximate surface area is 140 Å². The first-order chi connectivity index (χ1) is 11.8. The van der Waals surface area contributed by atoms with E-state index in [9.17, 15) is 5.11 Å².